The third kappa shape index (κ3) is 10.1. The maximum atomic E-state index is 3.16. The molecular formula is C51H56Cl2Zr-2. The number of benzene rings is 4. The molecule has 0 aliphatic heterocycles. The van der Waals surface area contributed by atoms with Crippen LogP contribution >= 0.6 is 0 Å². The first-order valence-electron chi connectivity index (χ1n) is 19.1. The SMILES string of the molecule is CC(C)(C)C1=CC[C-]=C1.CC1=CCC(C)(C)c2cc3[cH-]c4cc5c(cc4c3cc21)C(C)=CCC5(C)C.[Cl-].[Cl-].[Zr+2]=[C](Cc1ccccc1)Cc1ccccc1. The van der Waals surface area contributed by atoms with Crippen molar-refractivity contribution >= 4 is 35.9 Å². The third-order valence-electron chi connectivity index (χ3n) is 11.2. The Morgan fingerprint density at radius 1 is 0.667 bits per heavy atom. The van der Waals surface area contributed by atoms with E-state index in [0.29, 0.717) is 5.41 Å². The van der Waals surface area contributed by atoms with E-state index in [1.807, 2.05) is 0 Å². The Bertz CT molecular complexity index is 2080. The first-order valence-corrected chi connectivity index (χ1v) is 20.3. The van der Waals surface area contributed by atoms with Crippen LogP contribution in [0.4, 0.5) is 0 Å². The van der Waals surface area contributed by atoms with E-state index < -0.39 is 0 Å². The molecule has 0 atom stereocenters. The van der Waals surface area contributed by atoms with Gasteiger partial charge in [-0.3, -0.25) is 6.08 Å². The summed E-state index contributed by atoms with van der Waals surface area (Å²) in [6.07, 6.45) is 17.8. The Hall–Kier alpha value is -2.96. The Labute approximate surface area is 353 Å². The summed E-state index contributed by atoms with van der Waals surface area (Å²) in [6.45, 7) is 20.7. The summed E-state index contributed by atoms with van der Waals surface area (Å²) >= 11 is 1.55. The van der Waals surface area contributed by atoms with Gasteiger partial charge in [-0.15, -0.1) is 46.2 Å². The summed E-state index contributed by atoms with van der Waals surface area (Å²) in [5.41, 5.74) is 13.8. The average molecular weight is 831 g/mol. The number of hydrogen-bond donors (Lipinski definition) is 0. The molecule has 0 saturated heterocycles. The van der Waals surface area contributed by atoms with Gasteiger partial charge in [-0.1, -0.05) is 89.3 Å². The molecule has 5 aromatic rings. The van der Waals surface area contributed by atoms with Crippen LogP contribution < -0.4 is 24.8 Å². The summed E-state index contributed by atoms with van der Waals surface area (Å²) in [4.78, 5) is 0. The predicted molar refractivity (Wildman–Crippen MR) is 225 cm³/mol. The second kappa shape index (κ2) is 17.9. The fraction of sp³-hybridized carbons (Fsp3) is 0.333. The number of allylic oxidation sites excluding steroid dienone is 8. The number of halogens is 2. The molecule has 0 saturated carbocycles. The van der Waals surface area contributed by atoms with Crippen LogP contribution in [0.5, 0.6) is 0 Å². The van der Waals surface area contributed by atoms with Crippen molar-refractivity contribution in [2.24, 2.45) is 5.41 Å². The van der Waals surface area contributed by atoms with Crippen molar-refractivity contribution in [2.45, 2.75) is 105 Å². The standard InChI is InChI=1S/C27H29.C15H14.C9H13.2ClH.Zr/c1-16-7-9-26(3,4)24-12-18-11-19-13-25-21(17(2)8-10-27(25,5)6)15-23(19)22(18)14-20(16)24;1-3-8-14(9-4-1)12-7-13-15-10-5-2-6-11-15;1-9(2,3)8-6-4-5-7-8;;;/h7-8,11-15H,9-10H2,1-6H3;1-6,8-11H,12-13H2;6-7H,4H2,1-3H3;2*1H;/q-1;;-1;;;+2/p-2. The molecule has 280 valence electrons. The van der Waals surface area contributed by atoms with Crippen LogP contribution in [0.2, 0.25) is 0 Å². The van der Waals surface area contributed by atoms with Gasteiger partial charge < -0.3 is 24.8 Å². The molecule has 0 unspecified atom stereocenters. The molecule has 3 heteroatoms. The van der Waals surface area contributed by atoms with Crippen LogP contribution in [0.25, 0.3) is 32.7 Å². The molecule has 0 amide bonds. The summed E-state index contributed by atoms with van der Waals surface area (Å²) in [5, 5.41) is 5.61. The minimum absolute atomic E-state index is 0. The molecule has 0 spiro atoms. The van der Waals surface area contributed by atoms with Crippen LogP contribution in [-0.4, -0.2) is 3.21 Å². The molecule has 3 aliphatic carbocycles. The van der Waals surface area contributed by atoms with E-state index in [-0.39, 0.29) is 35.6 Å². The van der Waals surface area contributed by atoms with Crippen molar-refractivity contribution in [3.05, 3.63) is 160 Å². The third-order valence-corrected chi connectivity index (χ3v) is 12.1. The molecule has 0 radical (unpaired) electrons. The second-order valence-corrected chi connectivity index (χ2v) is 19.2. The maximum absolute atomic E-state index is 3.16. The summed E-state index contributed by atoms with van der Waals surface area (Å²) in [7, 11) is 0. The monoisotopic (exact) mass is 828 g/mol. The zero-order chi connectivity index (χ0) is 37.3. The molecule has 0 aromatic heterocycles. The quantitative estimate of drug-likeness (QED) is 0.162. The van der Waals surface area contributed by atoms with Crippen molar-refractivity contribution in [3.63, 3.8) is 0 Å². The van der Waals surface area contributed by atoms with E-state index in [4.69, 9.17) is 0 Å². The molecule has 0 heterocycles. The first kappa shape index (κ1) is 43.8. The van der Waals surface area contributed by atoms with Crippen LogP contribution in [0.15, 0.2) is 121 Å². The second-order valence-electron chi connectivity index (χ2n) is 17.5. The van der Waals surface area contributed by atoms with Crippen molar-refractivity contribution < 1.29 is 49.0 Å². The van der Waals surface area contributed by atoms with Gasteiger partial charge in [0.1, 0.15) is 0 Å². The zero-order valence-electron chi connectivity index (χ0n) is 33.8. The number of fused-ring (bicyclic) bond motifs is 5. The molecule has 54 heavy (non-hydrogen) atoms. The van der Waals surface area contributed by atoms with Gasteiger partial charge in [0.05, 0.1) is 0 Å². The van der Waals surface area contributed by atoms with Crippen molar-refractivity contribution in [2.75, 3.05) is 0 Å². The Morgan fingerprint density at radius 2 is 1.09 bits per heavy atom. The van der Waals surface area contributed by atoms with E-state index in [1.54, 1.807) is 27.4 Å². The van der Waals surface area contributed by atoms with Crippen LogP contribution in [-0.2, 0) is 47.9 Å². The van der Waals surface area contributed by atoms with E-state index in [9.17, 15) is 0 Å². The van der Waals surface area contributed by atoms with Crippen LogP contribution in [0.1, 0.15) is 115 Å². The van der Waals surface area contributed by atoms with E-state index in [1.165, 1.54) is 71.6 Å². The molecule has 0 nitrogen and oxygen atoms in total. The predicted octanol–water partition coefficient (Wildman–Crippen LogP) is 7.80. The molecule has 0 N–H and O–H groups in total. The molecule has 8 rings (SSSR count). The number of hydrogen-bond acceptors (Lipinski definition) is 0. The van der Waals surface area contributed by atoms with Gasteiger partial charge in [0.25, 0.3) is 0 Å². The first-order chi connectivity index (χ1) is 24.6. The van der Waals surface area contributed by atoms with Gasteiger partial charge in [0, 0.05) is 0 Å². The number of rotatable bonds is 4. The summed E-state index contributed by atoms with van der Waals surface area (Å²) in [6, 6.07) is 33.7. The normalized spacial score (nSPS) is 16.2. The van der Waals surface area contributed by atoms with E-state index in [2.05, 4.69) is 184 Å². The molecule has 3 aliphatic rings. The summed E-state index contributed by atoms with van der Waals surface area (Å²) < 4.78 is 1.60. The van der Waals surface area contributed by atoms with Gasteiger partial charge in [-0.05, 0) is 59.8 Å². The Balaban J connectivity index is 0.000000205. The van der Waals surface area contributed by atoms with E-state index >= 15 is 0 Å². The Morgan fingerprint density at radius 3 is 1.44 bits per heavy atom. The van der Waals surface area contributed by atoms with Gasteiger partial charge in [0.15, 0.2) is 0 Å². The van der Waals surface area contributed by atoms with Gasteiger partial charge in [-0.2, -0.15) is 11.6 Å². The average Bonchev–Trinajstić information content (AvgIpc) is 3.78. The van der Waals surface area contributed by atoms with Crippen molar-refractivity contribution in [1.29, 1.82) is 0 Å². The summed E-state index contributed by atoms with van der Waals surface area (Å²) in [5.74, 6) is 0. The van der Waals surface area contributed by atoms with E-state index in [0.717, 1.165) is 32.1 Å². The fourth-order valence-corrected chi connectivity index (χ4v) is 8.80. The topological polar surface area (TPSA) is 0 Å². The van der Waals surface area contributed by atoms with Gasteiger partial charge in [0.2, 0.25) is 0 Å². The van der Waals surface area contributed by atoms with Crippen molar-refractivity contribution in [1.82, 2.24) is 0 Å². The van der Waals surface area contributed by atoms with Gasteiger partial charge in [-0.25, -0.2) is 6.08 Å². The minimum atomic E-state index is 0. The molecule has 5 aromatic carbocycles. The molecular weight excluding hydrogens is 775 g/mol. The van der Waals surface area contributed by atoms with Crippen LogP contribution in [0.3, 0.4) is 0 Å². The fourth-order valence-electron chi connectivity index (χ4n) is 7.80. The molecule has 0 bridgehead atoms. The Kier molecular flexibility index (Phi) is 14.5. The zero-order valence-corrected chi connectivity index (χ0v) is 37.7. The van der Waals surface area contributed by atoms with Gasteiger partial charge >= 0.3 is 112 Å². The van der Waals surface area contributed by atoms with Crippen molar-refractivity contribution in [3.8, 4) is 0 Å². The molecule has 0 fully saturated rings. The van der Waals surface area contributed by atoms with Crippen LogP contribution in [0, 0.1) is 11.5 Å².